The van der Waals surface area contributed by atoms with Crippen molar-refractivity contribution in [1.82, 2.24) is 9.88 Å². The number of likely N-dealkylation sites (tertiary alicyclic amines) is 1. The third-order valence-electron chi connectivity index (χ3n) is 4.14. The van der Waals surface area contributed by atoms with Gasteiger partial charge in [-0.05, 0) is 56.6 Å². The molecule has 1 aliphatic rings. The fourth-order valence-corrected chi connectivity index (χ4v) is 3.22. The lowest BCUT2D eigenvalue weighted by Gasteiger charge is -2.26. The number of halogens is 2. The van der Waals surface area contributed by atoms with E-state index in [1.54, 1.807) is 0 Å². The molecule has 2 heterocycles. The largest absolute Gasteiger partial charge is 0.492 e. The average molecular weight is 339 g/mol. The van der Waals surface area contributed by atoms with Crippen molar-refractivity contribution in [2.24, 2.45) is 0 Å². The molecular formula is C17H20Cl2N2O. The second-order valence-electron chi connectivity index (χ2n) is 5.79. The Morgan fingerprint density at radius 1 is 1.18 bits per heavy atom. The van der Waals surface area contributed by atoms with Crippen LogP contribution in [0.1, 0.15) is 24.8 Å². The zero-order chi connectivity index (χ0) is 15.5. The van der Waals surface area contributed by atoms with Gasteiger partial charge in [0.2, 0.25) is 0 Å². The van der Waals surface area contributed by atoms with Crippen LogP contribution in [0.4, 0.5) is 0 Å². The van der Waals surface area contributed by atoms with Crippen LogP contribution in [0, 0.1) is 6.92 Å². The average Bonchev–Trinajstić information content (AvgIpc) is 2.53. The summed E-state index contributed by atoms with van der Waals surface area (Å²) in [5.74, 6) is 0.823. The molecule has 0 unspecified atom stereocenters. The highest BCUT2D eigenvalue weighted by molar-refractivity contribution is 6.36. The summed E-state index contributed by atoms with van der Waals surface area (Å²) in [6, 6.07) is 5.72. The van der Waals surface area contributed by atoms with E-state index in [0.717, 1.165) is 23.2 Å². The minimum Gasteiger partial charge on any atom is -0.492 e. The van der Waals surface area contributed by atoms with E-state index in [4.69, 9.17) is 27.9 Å². The van der Waals surface area contributed by atoms with Gasteiger partial charge in [0.15, 0.2) is 0 Å². The second kappa shape index (κ2) is 7.03. The molecule has 0 aliphatic carbocycles. The predicted molar refractivity (Wildman–Crippen MR) is 92.3 cm³/mol. The Morgan fingerprint density at radius 2 is 1.95 bits per heavy atom. The fourth-order valence-electron chi connectivity index (χ4n) is 2.87. The lowest BCUT2D eigenvalue weighted by atomic mass is 10.1. The van der Waals surface area contributed by atoms with Gasteiger partial charge >= 0.3 is 0 Å². The molecule has 22 heavy (non-hydrogen) atoms. The van der Waals surface area contributed by atoms with Gasteiger partial charge in [-0.25, -0.2) is 4.98 Å². The van der Waals surface area contributed by atoms with Crippen LogP contribution in [0.5, 0.6) is 5.75 Å². The zero-order valence-corrected chi connectivity index (χ0v) is 14.3. The minimum absolute atomic E-state index is 0.486. The fraction of sp³-hybridized carbons (Fsp3) is 0.471. The number of aryl methyl sites for hydroxylation is 1. The molecule has 5 heteroatoms. The summed E-state index contributed by atoms with van der Waals surface area (Å²) < 4.78 is 5.99. The van der Waals surface area contributed by atoms with Gasteiger partial charge in [0, 0.05) is 11.9 Å². The quantitative estimate of drug-likeness (QED) is 0.754. The molecule has 1 aromatic carbocycles. The van der Waals surface area contributed by atoms with Crippen molar-refractivity contribution < 1.29 is 4.74 Å². The van der Waals surface area contributed by atoms with E-state index in [0.29, 0.717) is 22.3 Å². The maximum Gasteiger partial charge on any atom is 0.132 e. The first kappa shape index (κ1) is 15.9. The van der Waals surface area contributed by atoms with Crippen molar-refractivity contribution in [2.75, 3.05) is 26.2 Å². The number of benzene rings is 1. The molecule has 1 fully saturated rings. The highest BCUT2D eigenvalue weighted by atomic mass is 35.5. The van der Waals surface area contributed by atoms with Gasteiger partial charge in [0.05, 0.1) is 10.5 Å². The van der Waals surface area contributed by atoms with Gasteiger partial charge in [-0.3, -0.25) is 4.90 Å². The normalized spacial score (nSPS) is 16.1. The molecule has 0 saturated carbocycles. The highest BCUT2D eigenvalue weighted by Gasteiger charge is 2.12. The Kier molecular flexibility index (Phi) is 5.07. The number of hydrogen-bond donors (Lipinski definition) is 0. The molecule has 3 rings (SSSR count). The van der Waals surface area contributed by atoms with Crippen LogP contribution in [0.25, 0.3) is 10.9 Å². The molecule has 1 aliphatic heterocycles. The van der Waals surface area contributed by atoms with Crippen molar-refractivity contribution in [2.45, 2.75) is 26.2 Å². The molecule has 0 radical (unpaired) electrons. The molecule has 1 saturated heterocycles. The molecule has 1 aromatic heterocycles. The smallest absolute Gasteiger partial charge is 0.132 e. The van der Waals surface area contributed by atoms with Gasteiger partial charge in [-0.15, -0.1) is 0 Å². The minimum atomic E-state index is 0.486. The first-order valence-electron chi connectivity index (χ1n) is 7.75. The van der Waals surface area contributed by atoms with Crippen LogP contribution in [0.2, 0.25) is 10.2 Å². The maximum absolute atomic E-state index is 6.22. The Bertz CT molecular complexity index is 669. The summed E-state index contributed by atoms with van der Waals surface area (Å²) >= 11 is 12.3. The Hall–Kier alpha value is -1.03. The monoisotopic (exact) mass is 338 g/mol. The van der Waals surface area contributed by atoms with Crippen LogP contribution in [-0.4, -0.2) is 36.1 Å². The van der Waals surface area contributed by atoms with E-state index < -0.39 is 0 Å². The van der Waals surface area contributed by atoms with Crippen molar-refractivity contribution in [3.63, 3.8) is 0 Å². The van der Waals surface area contributed by atoms with Gasteiger partial charge in [-0.2, -0.15) is 0 Å². The predicted octanol–water partition coefficient (Wildman–Crippen LogP) is 4.71. The van der Waals surface area contributed by atoms with E-state index in [1.807, 2.05) is 25.1 Å². The standard InChI is InChI=1S/C17H20Cl2N2O/c1-12-11-13-15(6-5-14(18)16(13)20-17(12)19)22-10-9-21-7-3-2-4-8-21/h5-6,11H,2-4,7-10H2,1H3. The van der Waals surface area contributed by atoms with E-state index >= 15 is 0 Å². The highest BCUT2D eigenvalue weighted by Crippen LogP contribution is 2.32. The van der Waals surface area contributed by atoms with Crippen molar-refractivity contribution in [3.8, 4) is 5.75 Å². The number of pyridine rings is 1. The van der Waals surface area contributed by atoms with Crippen LogP contribution in [0.15, 0.2) is 18.2 Å². The number of fused-ring (bicyclic) bond motifs is 1. The number of aromatic nitrogens is 1. The van der Waals surface area contributed by atoms with Crippen molar-refractivity contribution >= 4 is 34.1 Å². The summed E-state index contributed by atoms with van der Waals surface area (Å²) in [6.45, 7) is 5.94. The molecule has 2 aromatic rings. The second-order valence-corrected chi connectivity index (χ2v) is 6.55. The van der Waals surface area contributed by atoms with Crippen molar-refractivity contribution in [1.29, 1.82) is 0 Å². The molecule has 0 spiro atoms. The third kappa shape index (κ3) is 3.48. The summed E-state index contributed by atoms with van der Waals surface area (Å²) in [5.41, 5.74) is 1.63. The molecule has 118 valence electrons. The van der Waals surface area contributed by atoms with Crippen LogP contribution in [0.3, 0.4) is 0 Å². The van der Waals surface area contributed by atoms with E-state index in [2.05, 4.69) is 9.88 Å². The van der Waals surface area contributed by atoms with Crippen LogP contribution in [-0.2, 0) is 0 Å². The van der Waals surface area contributed by atoms with Gasteiger partial charge in [0.1, 0.15) is 17.5 Å². The summed E-state index contributed by atoms with van der Waals surface area (Å²) in [6.07, 6.45) is 3.95. The van der Waals surface area contributed by atoms with Gasteiger partial charge in [-0.1, -0.05) is 29.6 Å². The van der Waals surface area contributed by atoms with Crippen molar-refractivity contribution in [3.05, 3.63) is 33.9 Å². The summed E-state index contributed by atoms with van der Waals surface area (Å²) in [4.78, 5) is 6.84. The van der Waals surface area contributed by atoms with Gasteiger partial charge in [0.25, 0.3) is 0 Å². The molecule has 0 N–H and O–H groups in total. The molecular weight excluding hydrogens is 319 g/mol. The maximum atomic E-state index is 6.22. The number of ether oxygens (including phenoxy) is 1. The van der Waals surface area contributed by atoms with E-state index in [9.17, 15) is 0 Å². The summed E-state index contributed by atoms with van der Waals surface area (Å²) in [7, 11) is 0. The number of rotatable bonds is 4. The lowest BCUT2D eigenvalue weighted by Crippen LogP contribution is -2.33. The van der Waals surface area contributed by atoms with E-state index in [1.165, 1.54) is 32.4 Å². The third-order valence-corrected chi connectivity index (χ3v) is 4.83. The molecule has 3 nitrogen and oxygen atoms in total. The Labute approximate surface area is 141 Å². The van der Waals surface area contributed by atoms with E-state index in [-0.39, 0.29) is 0 Å². The first-order chi connectivity index (χ1) is 10.6. The Balaban J connectivity index is 1.75. The van der Waals surface area contributed by atoms with Gasteiger partial charge < -0.3 is 4.74 Å². The van der Waals surface area contributed by atoms with Crippen LogP contribution < -0.4 is 4.74 Å². The van der Waals surface area contributed by atoms with Crippen LogP contribution >= 0.6 is 23.2 Å². The number of piperidine rings is 1. The molecule has 0 bridgehead atoms. The molecule has 0 atom stereocenters. The summed E-state index contributed by atoms with van der Waals surface area (Å²) in [5, 5.41) is 2.01. The lowest BCUT2D eigenvalue weighted by molar-refractivity contribution is 0.184. The number of nitrogens with zero attached hydrogens (tertiary/aromatic N) is 2. The SMILES string of the molecule is Cc1cc2c(OCCN3CCCCC3)ccc(Cl)c2nc1Cl. The first-order valence-corrected chi connectivity index (χ1v) is 8.51. The molecule has 0 amide bonds. The Morgan fingerprint density at radius 3 is 2.73 bits per heavy atom. The topological polar surface area (TPSA) is 25.4 Å². The zero-order valence-electron chi connectivity index (χ0n) is 12.7. The number of hydrogen-bond acceptors (Lipinski definition) is 3.